The number of carbonyl (C=O) groups is 1. The van der Waals surface area contributed by atoms with Crippen molar-refractivity contribution in [1.29, 1.82) is 0 Å². The van der Waals surface area contributed by atoms with Crippen LogP contribution in [0.5, 0.6) is 0 Å². The van der Waals surface area contributed by atoms with Gasteiger partial charge in [0.25, 0.3) is 0 Å². The van der Waals surface area contributed by atoms with Crippen LogP contribution in [-0.2, 0) is 11.8 Å². The van der Waals surface area contributed by atoms with Crippen LogP contribution in [0.2, 0.25) is 0 Å². The topological polar surface area (TPSA) is 34.4 Å². The minimum atomic E-state index is 0.0700. The second-order valence-corrected chi connectivity index (χ2v) is 6.31. The van der Waals surface area contributed by atoms with Crippen LogP contribution in [0.4, 0.5) is 0 Å². The molecule has 0 N–H and O–H groups in total. The Labute approximate surface area is 105 Å². The highest BCUT2D eigenvalue weighted by atomic mass is 32.1. The quantitative estimate of drug-likeness (QED) is 0.793. The molecule has 2 aliphatic rings. The van der Waals surface area contributed by atoms with Crippen molar-refractivity contribution in [2.45, 2.75) is 32.1 Å². The Morgan fingerprint density at radius 1 is 1.53 bits per heavy atom. The Balaban J connectivity index is 1.67. The minimum Gasteiger partial charge on any atom is -0.327 e. The largest absolute Gasteiger partial charge is 0.327 e. The fraction of sp³-hybridized carbons (Fsp3) is 0.692. The lowest BCUT2D eigenvalue weighted by Gasteiger charge is -2.19. The van der Waals surface area contributed by atoms with E-state index >= 15 is 0 Å². The Hall–Kier alpha value is -0.900. The summed E-state index contributed by atoms with van der Waals surface area (Å²) in [5.74, 6) is 2.42. The molecule has 2 aliphatic carbocycles. The summed E-state index contributed by atoms with van der Waals surface area (Å²) in [6.07, 6.45) is 7.97. The van der Waals surface area contributed by atoms with Gasteiger partial charge in [-0.15, -0.1) is 11.3 Å². The molecule has 0 aromatic carbocycles. The van der Waals surface area contributed by atoms with Crippen LogP contribution in [0.3, 0.4) is 0 Å². The summed E-state index contributed by atoms with van der Waals surface area (Å²) in [6, 6.07) is 0. The van der Waals surface area contributed by atoms with Gasteiger partial charge >= 0.3 is 0 Å². The predicted octanol–water partition coefficient (Wildman–Crippen LogP) is 2.34. The first-order valence-electron chi connectivity index (χ1n) is 6.40. The smallest absolute Gasteiger partial charge is 0.248 e. The van der Waals surface area contributed by atoms with Gasteiger partial charge in [0.2, 0.25) is 5.91 Å². The fourth-order valence-corrected chi connectivity index (χ4v) is 4.18. The molecule has 0 saturated heterocycles. The van der Waals surface area contributed by atoms with E-state index in [0.29, 0.717) is 12.3 Å². The number of nitrogens with zero attached hydrogens (tertiary/aromatic N) is 2. The number of aromatic nitrogens is 1. The van der Waals surface area contributed by atoms with Crippen LogP contribution in [0, 0.1) is 17.8 Å². The standard InChI is InChI=1S/C13H18N2OS/c1-15-4-5-17-13(15)14-12(16)8-11-7-9-2-3-10(11)6-9/h4-5,9-11H,2-3,6-8H2,1H3/t9-,10-,11-/m1/s1. The zero-order valence-corrected chi connectivity index (χ0v) is 10.9. The fourth-order valence-electron chi connectivity index (χ4n) is 3.44. The highest BCUT2D eigenvalue weighted by Gasteiger charge is 2.39. The average Bonchev–Trinajstić information content (AvgIpc) is 2.96. The van der Waals surface area contributed by atoms with Gasteiger partial charge in [0, 0.05) is 25.0 Å². The number of amides is 1. The van der Waals surface area contributed by atoms with Crippen molar-refractivity contribution in [3.8, 4) is 0 Å². The maximum absolute atomic E-state index is 11.9. The third-order valence-corrected chi connectivity index (χ3v) is 5.15. The second-order valence-electron chi connectivity index (χ2n) is 5.44. The van der Waals surface area contributed by atoms with Crippen molar-refractivity contribution in [3.05, 3.63) is 16.4 Å². The van der Waals surface area contributed by atoms with Crippen LogP contribution in [-0.4, -0.2) is 10.5 Å². The number of hydrogen-bond acceptors (Lipinski definition) is 2. The molecule has 1 aromatic heterocycles. The van der Waals surface area contributed by atoms with Gasteiger partial charge in [0.1, 0.15) is 0 Å². The Morgan fingerprint density at radius 3 is 3.00 bits per heavy atom. The maximum Gasteiger partial charge on any atom is 0.248 e. The highest BCUT2D eigenvalue weighted by Crippen LogP contribution is 2.49. The SMILES string of the molecule is Cn1ccsc1=NC(=O)C[C@H]1C[C@@H]2CC[C@@H]1C2. The van der Waals surface area contributed by atoms with E-state index in [4.69, 9.17) is 0 Å². The van der Waals surface area contributed by atoms with Gasteiger partial charge in [-0.1, -0.05) is 6.42 Å². The third kappa shape index (κ3) is 2.23. The molecule has 4 heteroatoms. The Kier molecular flexibility index (Phi) is 2.90. The Bertz CT molecular complexity index is 488. The number of thiazole rings is 1. The lowest BCUT2D eigenvalue weighted by atomic mass is 9.86. The summed E-state index contributed by atoms with van der Waals surface area (Å²) in [4.78, 5) is 16.9. The van der Waals surface area contributed by atoms with E-state index in [1.165, 1.54) is 37.0 Å². The van der Waals surface area contributed by atoms with E-state index in [1.807, 2.05) is 23.2 Å². The molecule has 2 saturated carbocycles. The number of rotatable bonds is 2. The zero-order valence-electron chi connectivity index (χ0n) is 10.1. The molecule has 2 fully saturated rings. The molecule has 0 spiro atoms. The first-order valence-corrected chi connectivity index (χ1v) is 7.28. The molecule has 3 rings (SSSR count). The van der Waals surface area contributed by atoms with Crippen LogP contribution >= 0.6 is 11.3 Å². The molecule has 1 heterocycles. The lowest BCUT2D eigenvalue weighted by molar-refractivity contribution is -0.119. The summed E-state index contributed by atoms with van der Waals surface area (Å²) in [5.41, 5.74) is 0. The van der Waals surface area contributed by atoms with E-state index in [0.717, 1.165) is 16.6 Å². The number of aryl methyl sites for hydroxylation is 1. The predicted molar refractivity (Wildman–Crippen MR) is 67.4 cm³/mol. The number of fused-ring (bicyclic) bond motifs is 2. The van der Waals surface area contributed by atoms with Crippen molar-refractivity contribution in [2.24, 2.45) is 29.8 Å². The molecule has 1 aromatic rings. The van der Waals surface area contributed by atoms with E-state index < -0.39 is 0 Å². The monoisotopic (exact) mass is 250 g/mol. The highest BCUT2D eigenvalue weighted by molar-refractivity contribution is 7.07. The van der Waals surface area contributed by atoms with E-state index in [2.05, 4.69) is 4.99 Å². The number of hydrogen-bond donors (Lipinski definition) is 0. The molecule has 0 unspecified atom stereocenters. The van der Waals surface area contributed by atoms with Gasteiger partial charge in [0.15, 0.2) is 4.80 Å². The first kappa shape index (κ1) is 11.2. The van der Waals surface area contributed by atoms with Crippen molar-refractivity contribution in [1.82, 2.24) is 4.57 Å². The first-order chi connectivity index (χ1) is 8.22. The van der Waals surface area contributed by atoms with Gasteiger partial charge in [-0.3, -0.25) is 4.79 Å². The van der Waals surface area contributed by atoms with Crippen LogP contribution < -0.4 is 4.80 Å². The Morgan fingerprint density at radius 2 is 2.41 bits per heavy atom. The van der Waals surface area contributed by atoms with Gasteiger partial charge in [-0.05, 0) is 37.0 Å². The lowest BCUT2D eigenvalue weighted by Crippen LogP contribution is -2.17. The van der Waals surface area contributed by atoms with E-state index in [9.17, 15) is 4.79 Å². The molecule has 17 heavy (non-hydrogen) atoms. The molecule has 2 bridgehead atoms. The van der Waals surface area contributed by atoms with Crippen molar-refractivity contribution >= 4 is 17.2 Å². The minimum absolute atomic E-state index is 0.0700. The van der Waals surface area contributed by atoms with Crippen LogP contribution in [0.15, 0.2) is 16.6 Å². The molecular weight excluding hydrogens is 232 g/mol. The average molecular weight is 250 g/mol. The maximum atomic E-state index is 11.9. The van der Waals surface area contributed by atoms with E-state index in [1.54, 1.807) is 0 Å². The summed E-state index contributed by atoms with van der Waals surface area (Å²) < 4.78 is 1.91. The molecule has 1 amide bonds. The van der Waals surface area contributed by atoms with Crippen molar-refractivity contribution in [3.63, 3.8) is 0 Å². The summed E-state index contributed by atoms with van der Waals surface area (Å²) in [7, 11) is 1.93. The van der Waals surface area contributed by atoms with Gasteiger partial charge in [-0.2, -0.15) is 4.99 Å². The molecule has 0 aliphatic heterocycles. The molecule has 3 atom stereocenters. The van der Waals surface area contributed by atoms with Gasteiger partial charge in [0.05, 0.1) is 0 Å². The zero-order chi connectivity index (χ0) is 11.8. The second kappa shape index (κ2) is 4.41. The normalized spacial score (nSPS) is 32.3. The number of carbonyl (C=O) groups excluding carboxylic acids is 1. The van der Waals surface area contributed by atoms with Crippen LogP contribution in [0.1, 0.15) is 32.1 Å². The molecule has 0 radical (unpaired) electrons. The van der Waals surface area contributed by atoms with Crippen molar-refractivity contribution in [2.75, 3.05) is 0 Å². The van der Waals surface area contributed by atoms with Gasteiger partial charge < -0.3 is 4.57 Å². The van der Waals surface area contributed by atoms with Gasteiger partial charge in [-0.25, -0.2) is 0 Å². The summed E-state index contributed by atoms with van der Waals surface area (Å²) >= 11 is 1.53. The summed E-state index contributed by atoms with van der Waals surface area (Å²) in [5, 5.41) is 1.96. The molecular formula is C13H18N2OS. The van der Waals surface area contributed by atoms with E-state index in [-0.39, 0.29) is 5.91 Å². The van der Waals surface area contributed by atoms with Crippen molar-refractivity contribution < 1.29 is 4.79 Å². The summed E-state index contributed by atoms with van der Waals surface area (Å²) in [6.45, 7) is 0. The van der Waals surface area contributed by atoms with Crippen LogP contribution in [0.25, 0.3) is 0 Å². The molecule has 3 nitrogen and oxygen atoms in total. The molecule has 92 valence electrons. The third-order valence-electron chi connectivity index (χ3n) is 4.30.